The van der Waals surface area contributed by atoms with Crippen molar-refractivity contribution in [3.8, 4) is 0 Å². The summed E-state index contributed by atoms with van der Waals surface area (Å²) < 4.78 is 39.2. The van der Waals surface area contributed by atoms with Gasteiger partial charge in [-0.05, 0) is 18.7 Å². The second-order valence-electron chi connectivity index (χ2n) is 4.22. The van der Waals surface area contributed by atoms with Gasteiger partial charge in [-0.3, -0.25) is 9.64 Å². The van der Waals surface area contributed by atoms with Crippen LogP contribution >= 0.6 is 0 Å². The Kier molecular flexibility index (Phi) is 5.78. The molecule has 1 aromatic carbocycles. The van der Waals surface area contributed by atoms with Crippen LogP contribution in [-0.4, -0.2) is 42.5 Å². The molecule has 1 rings (SSSR count). The van der Waals surface area contributed by atoms with Crippen LogP contribution in [0.3, 0.4) is 0 Å². The average Bonchev–Trinajstić information content (AvgIpc) is 2.36. The van der Waals surface area contributed by atoms with Crippen molar-refractivity contribution >= 4 is 5.84 Å². The van der Waals surface area contributed by atoms with Crippen molar-refractivity contribution < 1.29 is 23.1 Å². The van der Waals surface area contributed by atoms with E-state index in [1.165, 1.54) is 0 Å². The Morgan fingerprint density at radius 2 is 2.15 bits per heavy atom. The predicted octanol–water partition coefficient (Wildman–Crippen LogP) is 1.75. The van der Waals surface area contributed by atoms with Gasteiger partial charge in [0.2, 0.25) is 0 Å². The molecule has 0 saturated heterocycles. The number of hydrogen-bond acceptors (Lipinski definition) is 4. The molecule has 0 aliphatic rings. The van der Waals surface area contributed by atoms with Gasteiger partial charge in [0.1, 0.15) is 0 Å². The molecule has 0 unspecified atom stereocenters. The molecular weight excluding hydrogens is 275 g/mol. The van der Waals surface area contributed by atoms with E-state index in [0.29, 0.717) is 12.1 Å². The fraction of sp³-hybridized carbons (Fsp3) is 0.417. The van der Waals surface area contributed by atoms with E-state index in [9.17, 15) is 13.2 Å². The van der Waals surface area contributed by atoms with Gasteiger partial charge < -0.3 is 10.9 Å². The van der Waals surface area contributed by atoms with Crippen molar-refractivity contribution in [3.63, 3.8) is 0 Å². The van der Waals surface area contributed by atoms with Crippen molar-refractivity contribution in [1.82, 2.24) is 4.90 Å². The van der Waals surface area contributed by atoms with E-state index in [2.05, 4.69) is 9.89 Å². The standard InChI is InChI=1S/C12H16F3N3O2/c1-18(5-6-20-12(13,14)15)8-9-3-2-4-10(7-9)11(16)17-19/h2-4,7,19H,5-6,8H2,1H3,(H2,16,17). The van der Waals surface area contributed by atoms with Gasteiger partial charge >= 0.3 is 6.36 Å². The first kappa shape index (κ1) is 16.3. The highest BCUT2D eigenvalue weighted by atomic mass is 19.4. The Morgan fingerprint density at radius 3 is 2.75 bits per heavy atom. The maximum absolute atomic E-state index is 11.8. The molecule has 0 radical (unpaired) electrons. The van der Waals surface area contributed by atoms with Gasteiger partial charge in [-0.1, -0.05) is 23.4 Å². The third-order valence-electron chi connectivity index (χ3n) is 2.52. The van der Waals surface area contributed by atoms with Crippen molar-refractivity contribution in [2.75, 3.05) is 20.2 Å². The highest BCUT2D eigenvalue weighted by Gasteiger charge is 2.28. The Bertz CT molecular complexity index is 464. The summed E-state index contributed by atoms with van der Waals surface area (Å²) >= 11 is 0. The fourth-order valence-corrected chi connectivity index (χ4v) is 1.59. The van der Waals surface area contributed by atoms with E-state index < -0.39 is 13.0 Å². The smallest absolute Gasteiger partial charge is 0.409 e. The highest BCUT2D eigenvalue weighted by molar-refractivity contribution is 5.97. The van der Waals surface area contributed by atoms with E-state index >= 15 is 0 Å². The van der Waals surface area contributed by atoms with Gasteiger partial charge in [-0.15, -0.1) is 13.2 Å². The van der Waals surface area contributed by atoms with Crippen LogP contribution in [0.5, 0.6) is 0 Å². The fourth-order valence-electron chi connectivity index (χ4n) is 1.59. The SMILES string of the molecule is CN(CCOC(F)(F)F)Cc1cccc(C(N)=NO)c1. The van der Waals surface area contributed by atoms with Gasteiger partial charge in [0.15, 0.2) is 5.84 Å². The summed E-state index contributed by atoms with van der Waals surface area (Å²) in [5.41, 5.74) is 6.85. The van der Waals surface area contributed by atoms with Crippen LogP contribution < -0.4 is 5.73 Å². The van der Waals surface area contributed by atoms with Crippen LogP contribution in [0.15, 0.2) is 29.4 Å². The average molecular weight is 291 g/mol. The zero-order valence-corrected chi connectivity index (χ0v) is 10.9. The summed E-state index contributed by atoms with van der Waals surface area (Å²) in [5.74, 6) is -0.0186. The monoisotopic (exact) mass is 291 g/mol. The molecule has 0 aromatic heterocycles. The lowest BCUT2D eigenvalue weighted by molar-refractivity contribution is -0.324. The van der Waals surface area contributed by atoms with Crippen LogP contribution in [0, 0.1) is 0 Å². The van der Waals surface area contributed by atoms with Gasteiger partial charge in [-0.2, -0.15) is 0 Å². The molecule has 112 valence electrons. The van der Waals surface area contributed by atoms with E-state index in [-0.39, 0.29) is 12.4 Å². The van der Waals surface area contributed by atoms with Crippen molar-refractivity contribution in [3.05, 3.63) is 35.4 Å². The lowest BCUT2D eigenvalue weighted by Gasteiger charge is -2.17. The van der Waals surface area contributed by atoms with Crippen LogP contribution in [0.25, 0.3) is 0 Å². The summed E-state index contributed by atoms with van der Waals surface area (Å²) in [7, 11) is 1.68. The highest BCUT2D eigenvalue weighted by Crippen LogP contribution is 2.15. The minimum absolute atomic E-state index is 0.0186. The molecule has 0 heterocycles. The largest absolute Gasteiger partial charge is 0.522 e. The molecule has 0 aliphatic heterocycles. The Morgan fingerprint density at radius 1 is 1.45 bits per heavy atom. The lowest BCUT2D eigenvalue weighted by Crippen LogP contribution is -2.26. The summed E-state index contributed by atoms with van der Waals surface area (Å²) in [6.07, 6.45) is -4.60. The molecule has 0 aliphatic carbocycles. The molecule has 5 nitrogen and oxygen atoms in total. The van der Waals surface area contributed by atoms with Crippen molar-refractivity contribution in [2.24, 2.45) is 10.9 Å². The van der Waals surface area contributed by atoms with Gasteiger partial charge in [-0.25, -0.2) is 0 Å². The molecule has 0 bridgehead atoms. The summed E-state index contributed by atoms with van der Waals surface area (Å²) in [4.78, 5) is 1.68. The summed E-state index contributed by atoms with van der Waals surface area (Å²) in [6.45, 7) is 0.126. The molecule has 0 spiro atoms. The number of ether oxygens (including phenoxy) is 1. The molecule has 8 heteroatoms. The molecule has 0 atom stereocenters. The van der Waals surface area contributed by atoms with E-state index in [1.807, 2.05) is 0 Å². The minimum Gasteiger partial charge on any atom is -0.409 e. The second-order valence-corrected chi connectivity index (χ2v) is 4.22. The van der Waals surface area contributed by atoms with Crippen LogP contribution in [0.4, 0.5) is 13.2 Å². The first-order valence-electron chi connectivity index (χ1n) is 5.78. The number of likely N-dealkylation sites (N-methyl/N-ethyl adjacent to an activating group) is 1. The summed E-state index contributed by atoms with van der Waals surface area (Å²) in [5, 5.41) is 11.5. The predicted molar refractivity (Wildman–Crippen MR) is 67.3 cm³/mol. The number of alkyl halides is 3. The third kappa shape index (κ3) is 5.89. The van der Waals surface area contributed by atoms with Gasteiger partial charge in [0.05, 0.1) is 6.61 Å². The first-order valence-corrected chi connectivity index (χ1v) is 5.78. The number of rotatable bonds is 6. The molecule has 20 heavy (non-hydrogen) atoms. The van der Waals surface area contributed by atoms with E-state index in [4.69, 9.17) is 10.9 Å². The normalized spacial score (nSPS) is 12.9. The summed E-state index contributed by atoms with van der Waals surface area (Å²) in [6, 6.07) is 6.90. The number of benzene rings is 1. The lowest BCUT2D eigenvalue weighted by atomic mass is 10.1. The number of hydrogen-bond donors (Lipinski definition) is 2. The molecule has 0 saturated carbocycles. The molecular formula is C12H16F3N3O2. The zero-order chi connectivity index (χ0) is 15.2. The van der Waals surface area contributed by atoms with Gasteiger partial charge in [0, 0.05) is 18.7 Å². The Balaban J connectivity index is 2.52. The Labute approximate surface area is 114 Å². The minimum atomic E-state index is -4.60. The molecule has 0 fully saturated rings. The Hall–Kier alpha value is -1.80. The maximum atomic E-state index is 11.8. The quantitative estimate of drug-likeness (QED) is 0.362. The number of amidine groups is 1. The number of oxime groups is 1. The number of halogens is 3. The number of nitrogens with two attached hydrogens (primary N) is 1. The molecule has 0 amide bonds. The first-order chi connectivity index (χ1) is 9.31. The zero-order valence-electron chi connectivity index (χ0n) is 10.9. The van der Waals surface area contributed by atoms with Crippen LogP contribution in [-0.2, 0) is 11.3 Å². The molecule has 1 aromatic rings. The molecule has 3 N–H and O–H groups in total. The van der Waals surface area contributed by atoms with E-state index in [0.717, 1.165) is 5.56 Å². The second kappa shape index (κ2) is 7.11. The maximum Gasteiger partial charge on any atom is 0.522 e. The van der Waals surface area contributed by atoms with Gasteiger partial charge in [0.25, 0.3) is 0 Å². The van der Waals surface area contributed by atoms with Crippen LogP contribution in [0.1, 0.15) is 11.1 Å². The van der Waals surface area contributed by atoms with E-state index in [1.54, 1.807) is 36.2 Å². The van der Waals surface area contributed by atoms with Crippen molar-refractivity contribution in [2.45, 2.75) is 12.9 Å². The topological polar surface area (TPSA) is 71.1 Å². The third-order valence-corrected chi connectivity index (χ3v) is 2.52. The van der Waals surface area contributed by atoms with Crippen molar-refractivity contribution in [1.29, 1.82) is 0 Å². The number of nitrogens with zero attached hydrogens (tertiary/aromatic N) is 2. The van der Waals surface area contributed by atoms with Crippen LogP contribution in [0.2, 0.25) is 0 Å².